The van der Waals surface area contributed by atoms with Crippen molar-refractivity contribution in [3.63, 3.8) is 0 Å². The quantitative estimate of drug-likeness (QED) is 0.645. The highest BCUT2D eigenvalue weighted by Gasteiger charge is 2.21. The Morgan fingerprint density at radius 2 is 2.10 bits per heavy atom. The highest BCUT2D eigenvalue weighted by Crippen LogP contribution is 2.20. The first-order valence-electron chi connectivity index (χ1n) is 5.61. The Morgan fingerprint density at radius 3 is 2.70 bits per heavy atom. The van der Waals surface area contributed by atoms with Gasteiger partial charge < -0.3 is 11.1 Å². The van der Waals surface area contributed by atoms with Crippen LogP contribution in [0.4, 0.5) is 17.2 Å². The number of nitrogens with one attached hydrogen (secondary N) is 1. The summed E-state index contributed by atoms with van der Waals surface area (Å²) in [5.41, 5.74) is 6.13. The highest BCUT2D eigenvalue weighted by molar-refractivity contribution is 6.07. The summed E-state index contributed by atoms with van der Waals surface area (Å²) >= 11 is 0. The van der Waals surface area contributed by atoms with Crippen LogP contribution in [0.15, 0.2) is 30.6 Å². The maximum atomic E-state index is 12.0. The summed E-state index contributed by atoms with van der Waals surface area (Å²) in [7, 11) is 0. The van der Waals surface area contributed by atoms with Crippen molar-refractivity contribution in [2.75, 3.05) is 11.1 Å². The molecule has 0 bridgehead atoms. The largest absolute Gasteiger partial charge is 0.384 e. The van der Waals surface area contributed by atoms with Gasteiger partial charge in [0.25, 0.3) is 11.6 Å². The summed E-state index contributed by atoms with van der Waals surface area (Å²) in [5, 5.41) is 13.4. The van der Waals surface area contributed by atoms with Crippen LogP contribution in [0, 0.1) is 17.0 Å². The van der Waals surface area contributed by atoms with E-state index in [1.807, 2.05) is 0 Å². The molecule has 8 nitrogen and oxygen atoms in total. The van der Waals surface area contributed by atoms with Gasteiger partial charge in [-0.1, -0.05) is 0 Å². The monoisotopic (exact) mass is 273 g/mol. The molecule has 0 aliphatic heterocycles. The number of nitrogen functional groups attached to an aromatic ring is 1. The number of nitrogens with two attached hydrogens (primary N) is 1. The number of carbonyl (C=O) groups is 1. The molecular weight excluding hydrogens is 262 g/mol. The number of aromatic nitrogens is 2. The van der Waals surface area contributed by atoms with Crippen LogP contribution >= 0.6 is 0 Å². The van der Waals surface area contributed by atoms with Gasteiger partial charge in [-0.05, 0) is 25.1 Å². The number of hydrogen-bond donors (Lipinski definition) is 2. The molecule has 2 aromatic heterocycles. The van der Waals surface area contributed by atoms with E-state index < -0.39 is 16.5 Å². The molecule has 8 heteroatoms. The van der Waals surface area contributed by atoms with Crippen molar-refractivity contribution in [2.24, 2.45) is 0 Å². The summed E-state index contributed by atoms with van der Waals surface area (Å²) in [4.78, 5) is 29.9. The Balaban J connectivity index is 2.31. The lowest BCUT2D eigenvalue weighted by atomic mass is 10.2. The van der Waals surface area contributed by atoms with E-state index in [4.69, 9.17) is 5.73 Å². The first-order chi connectivity index (χ1) is 9.47. The lowest BCUT2D eigenvalue weighted by molar-refractivity contribution is -0.385. The summed E-state index contributed by atoms with van der Waals surface area (Å²) in [5.74, 6) is -0.612. The average molecular weight is 273 g/mol. The van der Waals surface area contributed by atoms with Gasteiger partial charge in [0, 0.05) is 5.69 Å². The molecule has 0 fully saturated rings. The normalized spacial score (nSPS) is 10.1. The van der Waals surface area contributed by atoms with Gasteiger partial charge in [-0.15, -0.1) is 0 Å². The van der Waals surface area contributed by atoms with Gasteiger partial charge in [0.05, 0.1) is 16.8 Å². The highest BCUT2D eigenvalue weighted by atomic mass is 16.6. The molecule has 20 heavy (non-hydrogen) atoms. The zero-order chi connectivity index (χ0) is 14.7. The number of pyridine rings is 2. The molecule has 102 valence electrons. The zero-order valence-electron chi connectivity index (χ0n) is 10.5. The lowest BCUT2D eigenvalue weighted by Gasteiger charge is -2.06. The SMILES string of the molecule is Cc1ccc(NC(=O)c2cc(N)ncc2[N+](=O)[O-])cn1. The van der Waals surface area contributed by atoms with Gasteiger partial charge in [0.15, 0.2) is 0 Å². The maximum Gasteiger partial charge on any atom is 0.300 e. The van der Waals surface area contributed by atoms with Crippen LogP contribution in [-0.2, 0) is 0 Å². The number of rotatable bonds is 3. The molecule has 0 aliphatic rings. The van der Waals surface area contributed by atoms with Gasteiger partial charge in [0.1, 0.15) is 17.6 Å². The molecule has 0 saturated heterocycles. The Labute approximate surface area is 113 Å². The Hall–Kier alpha value is -3.03. The molecule has 0 spiro atoms. The third-order valence-electron chi connectivity index (χ3n) is 2.51. The van der Waals surface area contributed by atoms with Crippen molar-refractivity contribution in [1.29, 1.82) is 0 Å². The number of aryl methyl sites for hydroxylation is 1. The summed E-state index contributed by atoms with van der Waals surface area (Å²) in [6.07, 6.45) is 2.42. The predicted octanol–water partition coefficient (Wildman–Crippen LogP) is 1.53. The van der Waals surface area contributed by atoms with E-state index in [2.05, 4.69) is 15.3 Å². The van der Waals surface area contributed by atoms with Crippen LogP contribution in [0.5, 0.6) is 0 Å². The second-order valence-corrected chi connectivity index (χ2v) is 4.03. The molecular formula is C12H11N5O3. The minimum absolute atomic E-state index is 0.0304. The molecule has 0 aliphatic carbocycles. The van der Waals surface area contributed by atoms with Gasteiger partial charge in [-0.2, -0.15) is 0 Å². The van der Waals surface area contributed by atoms with Crippen LogP contribution in [-0.4, -0.2) is 20.8 Å². The topological polar surface area (TPSA) is 124 Å². The molecule has 0 radical (unpaired) electrons. The van der Waals surface area contributed by atoms with Crippen molar-refractivity contribution >= 4 is 23.1 Å². The van der Waals surface area contributed by atoms with Crippen molar-refractivity contribution in [3.05, 3.63) is 52.0 Å². The van der Waals surface area contributed by atoms with Crippen LogP contribution in [0.3, 0.4) is 0 Å². The molecule has 3 N–H and O–H groups in total. The van der Waals surface area contributed by atoms with Gasteiger partial charge >= 0.3 is 0 Å². The number of carbonyl (C=O) groups excluding carboxylic acids is 1. The standard InChI is InChI=1S/C12H11N5O3/c1-7-2-3-8(5-14-7)16-12(18)9-4-11(13)15-6-10(9)17(19)20/h2-6H,1H3,(H2,13,15)(H,16,18). The number of hydrogen-bond acceptors (Lipinski definition) is 6. The summed E-state index contributed by atoms with van der Waals surface area (Å²) in [6, 6.07) is 4.52. The van der Waals surface area contributed by atoms with Crippen LogP contribution in [0.25, 0.3) is 0 Å². The van der Waals surface area contributed by atoms with E-state index >= 15 is 0 Å². The van der Waals surface area contributed by atoms with Crippen molar-refractivity contribution in [3.8, 4) is 0 Å². The number of anilines is 2. The fourth-order valence-electron chi connectivity index (χ4n) is 1.53. The third kappa shape index (κ3) is 2.86. The molecule has 0 saturated carbocycles. The lowest BCUT2D eigenvalue weighted by Crippen LogP contribution is -2.15. The first kappa shape index (κ1) is 13.4. The van der Waals surface area contributed by atoms with E-state index in [0.717, 1.165) is 18.0 Å². The fraction of sp³-hybridized carbons (Fsp3) is 0.0833. The molecule has 0 unspecified atom stereocenters. The molecule has 2 aromatic rings. The molecule has 0 atom stereocenters. The summed E-state index contributed by atoms with van der Waals surface area (Å²) < 4.78 is 0. The van der Waals surface area contributed by atoms with Crippen molar-refractivity contribution < 1.29 is 9.72 Å². The third-order valence-corrected chi connectivity index (χ3v) is 2.51. The van der Waals surface area contributed by atoms with E-state index in [0.29, 0.717) is 5.69 Å². The number of amides is 1. The van der Waals surface area contributed by atoms with Crippen LogP contribution in [0.2, 0.25) is 0 Å². The molecule has 2 rings (SSSR count). The Morgan fingerprint density at radius 1 is 1.35 bits per heavy atom. The van der Waals surface area contributed by atoms with E-state index in [1.54, 1.807) is 19.1 Å². The van der Waals surface area contributed by atoms with Crippen molar-refractivity contribution in [2.45, 2.75) is 6.92 Å². The van der Waals surface area contributed by atoms with E-state index in [9.17, 15) is 14.9 Å². The molecule has 1 amide bonds. The minimum Gasteiger partial charge on any atom is -0.384 e. The Bertz CT molecular complexity index is 669. The number of nitro groups is 1. The van der Waals surface area contributed by atoms with Gasteiger partial charge in [-0.3, -0.25) is 19.9 Å². The van der Waals surface area contributed by atoms with Gasteiger partial charge in [-0.25, -0.2) is 4.98 Å². The molecule has 0 aromatic carbocycles. The average Bonchev–Trinajstić information content (AvgIpc) is 2.41. The smallest absolute Gasteiger partial charge is 0.300 e. The Kier molecular flexibility index (Phi) is 3.56. The number of nitrogens with zero attached hydrogens (tertiary/aromatic N) is 3. The molecule has 2 heterocycles. The fourth-order valence-corrected chi connectivity index (χ4v) is 1.53. The predicted molar refractivity (Wildman–Crippen MR) is 72.2 cm³/mol. The van der Waals surface area contributed by atoms with Gasteiger partial charge in [0.2, 0.25) is 0 Å². The van der Waals surface area contributed by atoms with E-state index in [-0.39, 0.29) is 11.4 Å². The zero-order valence-corrected chi connectivity index (χ0v) is 10.5. The minimum atomic E-state index is -0.686. The summed E-state index contributed by atoms with van der Waals surface area (Å²) in [6.45, 7) is 1.81. The van der Waals surface area contributed by atoms with E-state index in [1.165, 1.54) is 6.20 Å². The van der Waals surface area contributed by atoms with Crippen molar-refractivity contribution in [1.82, 2.24) is 9.97 Å². The van der Waals surface area contributed by atoms with Crippen LogP contribution < -0.4 is 11.1 Å². The van der Waals surface area contributed by atoms with Crippen LogP contribution in [0.1, 0.15) is 16.1 Å². The first-order valence-corrected chi connectivity index (χ1v) is 5.61. The second-order valence-electron chi connectivity index (χ2n) is 4.03. The maximum absolute atomic E-state index is 12.0. The second kappa shape index (κ2) is 5.31.